The van der Waals surface area contributed by atoms with E-state index in [0.29, 0.717) is 11.9 Å². The number of guanidine groups is 2. The maximum absolute atomic E-state index is 4.43. The van der Waals surface area contributed by atoms with Crippen molar-refractivity contribution >= 4 is 46.8 Å². The third-order valence-electron chi connectivity index (χ3n) is 2.39. The molecule has 7 heteroatoms. The molecule has 0 aromatic rings. The van der Waals surface area contributed by atoms with Crippen molar-refractivity contribution in [1.29, 1.82) is 0 Å². The Kier molecular flexibility index (Phi) is 2.64. The minimum Gasteiger partial charge on any atom is -0.246 e. The third kappa shape index (κ3) is 1.75. The zero-order valence-corrected chi connectivity index (χ0v) is 10.9. The third-order valence-corrected chi connectivity index (χ3v) is 3.64. The lowest BCUT2D eigenvalue weighted by Gasteiger charge is -2.30. The zero-order chi connectivity index (χ0) is 11.8. The van der Waals surface area contributed by atoms with Gasteiger partial charge in [0.1, 0.15) is 16.4 Å². The van der Waals surface area contributed by atoms with Crippen LogP contribution in [0.1, 0.15) is 0 Å². The molecule has 0 aliphatic carbocycles. The van der Waals surface area contributed by atoms with Crippen LogP contribution in [0.2, 0.25) is 0 Å². The Hall–Kier alpha value is -1.34. The summed E-state index contributed by atoms with van der Waals surface area (Å²) in [6.07, 6.45) is 9.54. The van der Waals surface area contributed by atoms with Crippen LogP contribution in [0.15, 0.2) is 42.8 Å². The van der Waals surface area contributed by atoms with E-state index in [0.717, 1.165) is 15.8 Å². The smallest absolute Gasteiger partial charge is 0.239 e. The van der Waals surface area contributed by atoms with Crippen molar-refractivity contribution in [2.24, 2.45) is 20.0 Å². The maximum atomic E-state index is 4.43. The first-order chi connectivity index (χ1) is 8.31. The molecule has 0 amide bonds. The van der Waals surface area contributed by atoms with Crippen LogP contribution in [0, 0.1) is 0 Å². The summed E-state index contributed by atoms with van der Waals surface area (Å²) in [5.41, 5.74) is 1.02. The molecule has 3 rings (SSSR count). The van der Waals surface area contributed by atoms with Gasteiger partial charge < -0.3 is 0 Å². The van der Waals surface area contributed by atoms with Crippen LogP contribution in [0.4, 0.5) is 0 Å². The van der Waals surface area contributed by atoms with Crippen LogP contribution in [0.5, 0.6) is 0 Å². The van der Waals surface area contributed by atoms with E-state index in [1.807, 2.05) is 29.6 Å². The number of hydrogen-bond donors (Lipinski definition) is 0. The van der Waals surface area contributed by atoms with E-state index in [4.69, 9.17) is 0 Å². The summed E-state index contributed by atoms with van der Waals surface area (Å²) in [5.74, 6) is 1.27. The second-order valence-electron chi connectivity index (χ2n) is 3.33. The molecule has 0 saturated heterocycles. The molecule has 0 radical (unpaired) electrons. The lowest BCUT2D eigenvalue weighted by molar-refractivity contribution is 0.735. The standard InChI is InChI=1S/C10H9N5S2/c1-16-7-3-6-4-8(17-2)14-10-12-5-11-9(13-7)15(6)10/h3-5H,1-2H3. The molecule has 17 heavy (non-hydrogen) atoms. The summed E-state index contributed by atoms with van der Waals surface area (Å²) in [6.45, 7) is 0. The second-order valence-corrected chi connectivity index (χ2v) is 4.98. The van der Waals surface area contributed by atoms with Gasteiger partial charge in [-0.15, -0.1) is 23.5 Å². The molecule has 0 bridgehead atoms. The van der Waals surface area contributed by atoms with E-state index >= 15 is 0 Å². The Morgan fingerprint density at radius 3 is 2.71 bits per heavy atom. The van der Waals surface area contributed by atoms with Crippen LogP contribution >= 0.6 is 23.5 Å². The molecule has 0 N–H and O–H groups in total. The molecule has 3 aliphatic rings. The first-order valence-corrected chi connectivity index (χ1v) is 7.36. The summed E-state index contributed by atoms with van der Waals surface area (Å²) in [4.78, 5) is 19.1. The Labute approximate surface area is 107 Å². The number of hydrogen-bond acceptors (Lipinski definition) is 7. The highest BCUT2D eigenvalue weighted by Crippen LogP contribution is 2.29. The lowest BCUT2D eigenvalue weighted by Crippen LogP contribution is -2.40. The van der Waals surface area contributed by atoms with Gasteiger partial charge in [0.25, 0.3) is 0 Å². The molecule has 5 nitrogen and oxygen atoms in total. The zero-order valence-electron chi connectivity index (χ0n) is 9.28. The normalized spacial score (nSPS) is 21.1. The van der Waals surface area contributed by atoms with E-state index in [1.54, 1.807) is 23.5 Å². The Balaban J connectivity index is 2.14. The second kappa shape index (κ2) is 4.15. The number of nitrogens with zero attached hydrogens (tertiary/aromatic N) is 5. The van der Waals surface area contributed by atoms with Gasteiger partial charge in [0.15, 0.2) is 0 Å². The number of allylic oxidation sites excluding steroid dienone is 1. The Morgan fingerprint density at radius 1 is 1.06 bits per heavy atom. The molecule has 0 aromatic carbocycles. The number of rotatable bonds is 1. The SMILES string of the molecule is CSC1=CC2=CC(SC)=NC3=NC=NC(=N1)N23. The van der Waals surface area contributed by atoms with Gasteiger partial charge >= 0.3 is 0 Å². The molecule has 0 fully saturated rings. The highest BCUT2D eigenvalue weighted by Gasteiger charge is 2.29. The number of thioether (sulfide) groups is 2. The van der Waals surface area contributed by atoms with Gasteiger partial charge in [-0.2, -0.15) is 0 Å². The fourth-order valence-electron chi connectivity index (χ4n) is 1.62. The first kappa shape index (κ1) is 10.8. The topological polar surface area (TPSA) is 52.7 Å². The van der Waals surface area contributed by atoms with Crippen molar-refractivity contribution in [2.45, 2.75) is 0 Å². The largest absolute Gasteiger partial charge is 0.246 e. The molecule has 0 unspecified atom stereocenters. The van der Waals surface area contributed by atoms with Crippen LogP contribution in [0.3, 0.4) is 0 Å². The van der Waals surface area contributed by atoms with Crippen LogP contribution in [-0.4, -0.2) is 40.7 Å². The molecule has 3 aliphatic heterocycles. The van der Waals surface area contributed by atoms with Gasteiger partial charge in [0.05, 0.1) is 5.70 Å². The minimum absolute atomic E-state index is 0.636. The van der Waals surface area contributed by atoms with Crippen LogP contribution < -0.4 is 0 Å². The highest BCUT2D eigenvalue weighted by atomic mass is 32.2. The van der Waals surface area contributed by atoms with Gasteiger partial charge in [-0.05, 0) is 24.7 Å². The van der Waals surface area contributed by atoms with Crippen molar-refractivity contribution in [2.75, 3.05) is 12.5 Å². The van der Waals surface area contributed by atoms with Gasteiger partial charge in [0, 0.05) is 0 Å². The van der Waals surface area contributed by atoms with E-state index in [2.05, 4.69) is 20.0 Å². The van der Waals surface area contributed by atoms with Gasteiger partial charge in [0.2, 0.25) is 11.9 Å². The van der Waals surface area contributed by atoms with Crippen LogP contribution in [-0.2, 0) is 0 Å². The van der Waals surface area contributed by atoms with Gasteiger partial charge in [-0.3, -0.25) is 0 Å². The van der Waals surface area contributed by atoms with E-state index in [-0.39, 0.29) is 0 Å². The summed E-state index contributed by atoms with van der Waals surface area (Å²) in [5, 5.41) is 1.89. The maximum Gasteiger partial charge on any atom is 0.239 e. The Bertz CT molecular complexity index is 549. The predicted molar refractivity (Wildman–Crippen MR) is 75.8 cm³/mol. The van der Waals surface area contributed by atoms with Crippen LogP contribution in [0.25, 0.3) is 0 Å². The average molecular weight is 263 g/mol. The van der Waals surface area contributed by atoms with Crippen molar-refractivity contribution in [3.63, 3.8) is 0 Å². The molecule has 0 atom stereocenters. The van der Waals surface area contributed by atoms with E-state index in [9.17, 15) is 0 Å². The molecule has 0 saturated carbocycles. The molecule has 0 spiro atoms. The molecule has 86 valence electrons. The van der Waals surface area contributed by atoms with Gasteiger partial charge in [-0.1, -0.05) is 0 Å². The summed E-state index contributed by atoms with van der Waals surface area (Å²) >= 11 is 3.20. The fourth-order valence-corrected chi connectivity index (χ4v) is 2.44. The number of aliphatic imine (C=N–C) groups is 4. The summed E-state index contributed by atoms with van der Waals surface area (Å²) in [7, 11) is 0. The highest BCUT2D eigenvalue weighted by molar-refractivity contribution is 8.13. The fraction of sp³-hybridized carbons (Fsp3) is 0.200. The molecule has 0 aromatic heterocycles. The van der Waals surface area contributed by atoms with Crippen molar-refractivity contribution in [1.82, 2.24) is 4.90 Å². The first-order valence-electron chi connectivity index (χ1n) is 4.91. The monoisotopic (exact) mass is 263 g/mol. The van der Waals surface area contributed by atoms with Gasteiger partial charge in [-0.25, -0.2) is 24.9 Å². The Morgan fingerprint density at radius 2 is 1.94 bits per heavy atom. The lowest BCUT2D eigenvalue weighted by atomic mass is 10.3. The molecular formula is C10H9N5S2. The van der Waals surface area contributed by atoms with Crippen molar-refractivity contribution in [3.8, 4) is 0 Å². The van der Waals surface area contributed by atoms with Crippen molar-refractivity contribution in [3.05, 3.63) is 22.9 Å². The summed E-state index contributed by atoms with van der Waals surface area (Å²) < 4.78 is 0. The predicted octanol–water partition coefficient (Wildman–Crippen LogP) is 1.92. The minimum atomic E-state index is 0.636. The quantitative estimate of drug-likeness (QED) is 0.726. The molecule has 3 heterocycles. The summed E-state index contributed by atoms with van der Waals surface area (Å²) in [6, 6.07) is 0. The van der Waals surface area contributed by atoms with Crippen molar-refractivity contribution < 1.29 is 0 Å². The molecular weight excluding hydrogens is 254 g/mol. The van der Waals surface area contributed by atoms with E-state index in [1.165, 1.54) is 6.34 Å². The van der Waals surface area contributed by atoms with E-state index < -0.39 is 0 Å². The average Bonchev–Trinajstić information content (AvgIpc) is 2.38.